The van der Waals surface area contributed by atoms with Crippen molar-refractivity contribution in [2.24, 2.45) is 11.3 Å². The van der Waals surface area contributed by atoms with Crippen LogP contribution in [-0.4, -0.2) is 26.8 Å². The van der Waals surface area contributed by atoms with Crippen LogP contribution in [0.4, 0.5) is 4.39 Å². The number of hydrogen-bond acceptors (Lipinski definition) is 2. The molecule has 106 valence electrons. The summed E-state index contributed by atoms with van der Waals surface area (Å²) in [5.74, 6) is 0.651. The molecule has 1 heterocycles. The van der Waals surface area contributed by atoms with Crippen LogP contribution in [-0.2, 0) is 4.74 Å². The molecule has 2 nitrogen and oxygen atoms in total. The van der Waals surface area contributed by atoms with Crippen molar-refractivity contribution in [1.82, 2.24) is 5.32 Å². The Morgan fingerprint density at radius 2 is 2.26 bits per heavy atom. The second-order valence-electron chi connectivity index (χ2n) is 5.88. The van der Waals surface area contributed by atoms with Gasteiger partial charge in [0.15, 0.2) is 0 Å². The highest BCUT2D eigenvalue weighted by atomic mass is 19.1. The van der Waals surface area contributed by atoms with Crippen molar-refractivity contribution < 1.29 is 9.13 Å². The highest BCUT2D eigenvalue weighted by molar-refractivity contribution is 5.25. The first-order valence-corrected chi connectivity index (χ1v) is 7.05. The van der Waals surface area contributed by atoms with Gasteiger partial charge >= 0.3 is 0 Å². The van der Waals surface area contributed by atoms with E-state index in [2.05, 4.69) is 19.2 Å². The van der Waals surface area contributed by atoms with Crippen molar-refractivity contribution in [2.75, 3.05) is 26.8 Å². The molecular weight excluding hydrogens is 241 g/mol. The molecule has 3 heteroatoms. The first-order valence-electron chi connectivity index (χ1n) is 7.05. The van der Waals surface area contributed by atoms with E-state index in [4.69, 9.17) is 4.74 Å². The van der Waals surface area contributed by atoms with Crippen LogP contribution in [0.5, 0.6) is 0 Å². The number of rotatable bonds is 4. The summed E-state index contributed by atoms with van der Waals surface area (Å²) < 4.78 is 19.0. The molecule has 0 amide bonds. The van der Waals surface area contributed by atoms with E-state index in [1.165, 1.54) is 6.07 Å². The molecule has 1 aliphatic rings. The van der Waals surface area contributed by atoms with Gasteiger partial charge in [-0.15, -0.1) is 0 Å². The van der Waals surface area contributed by atoms with Crippen LogP contribution in [0.2, 0.25) is 0 Å². The molecule has 1 aromatic carbocycles. The molecule has 1 aromatic rings. The molecule has 0 radical (unpaired) electrons. The quantitative estimate of drug-likeness (QED) is 0.902. The first kappa shape index (κ1) is 14.5. The molecule has 0 aromatic heterocycles. The first-order chi connectivity index (χ1) is 9.10. The van der Waals surface area contributed by atoms with Gasteiger partial charge < -0.3 is 10.1 Å². The van der Waals surface area contributed by atoms with Gasteiger partial charge in [-0.1, -0.05) is 26.0 Å². The lowest BCUT2D eigenvalue weighted by Gasteiger charge is -2.47. The number of methoxy groups -OCH3 is 1. The zero-order valence-electron chi connectivity index (χ0n) is 12.1. The average molecular weight is 265 g/mol. The molecule has 1 saturated heterocycles. The predicted molar refractivity (Wildman–Crippen MR) is 75.8 cm³/mol. The van der Waals surface area contributed by atoms with E-state index in [1.54, 1.807) is 19.2 Å². The summed E-state index contributed by atoms with van der Waals surface area (Å²) in [5, 5.41) is 3.44. The van der Waals surface area contributed by atoms with Crippen molar-refractivity contribution in [2.45, 2.75) is 26.2 Å². The van der Waals surface area contributed by atoms with Crippen LogP contribution in [0.25, 0.3) is 0 Å². The van der Waals surface area contributed by atoms with Crippen LogP contribution >= 0.6 is 0 Å². The lowest BCUT2D eigenvalue weighted by molar-refractivity contribution is -0.0000712. The highest BCUT2D eigenvalue weighted by Gasteiger charge is 2.44. The maximum absolute atomic E-state index is 13.5. The van der Waals surface area contributed by atoms with E-state index in [0.29, 0.717) is 11.8 Å². The van der Waals surface area contributed by atoms with Gasteiger partial charge in [-0.05, 0) is 36.6 Å². The van der Waals surface area contributed by atoms with Crippen LogP contribution in [0.15, 0.2) is 24.3 Å². The Kier molecular flexibility index (Phi) is 4.58. The summed E-state index contributed by atoms with van der Waals surface area (Å²) in [6, 6.07) is 7.02. The molecule has 1 aliphatic heterocycles. The van der Waals surface area contributed by atoms with Crippen molar-refractivity contribution >= 4 is 0 Å². The molecule has 19 heavy (non-hydrogen) atoms. The Morgan fingerprint density at radius 3 is 2.89 bits per heavy atom. The van der Waals surface area contributed by atoms with Gasteiger partial charge in [0.2, 0.25) is 0 Å². The highest BCUT2D eigenvalue weighted by Crippen LogP contribution is 2.46. The maximum Gasteiger partial charge on any atom is 0.123 e. The van der Waals surface area contributed by atoms with Gasteiger partial charge in [-0.3, -0.25) is 0 Å². The summed E-state index contributed by atoms with van der Waals surface area (Å²) in [5.41, 5.74) is 1.17. The van der Waals surface area contributed by atoms with Gasteiger partial charge in [0.05, 0.1) is 6.61 Å². The molecule has 2 atom stereocenters. The van der Waals surface area contributed by atoms with E-state index in [1.807, 2.05) is 6.07 Å². The van der Waals surface area contributed by atoms with Crippen molar-refractivity contribution in [3.05, 3.63) is 35.6 Å². The minimum Gasteiger partial charge on any atom is -0.384 e. The Balaban J connectivity index is 2.38. The van der Waals surface area contributed by atoms with E-state index < -0.39 is 0 Å². The summed E-state index contributed by atoms with van der Waals surface area (Å²) in [4.78, 5) is 0. The van der Waals surface area contributed by atoms with Crippen molar-refractivity contribution in [3.63, 3.8) is 0 Å². The van der Waals surface area contributed by atoms with Crippen molar-refractivity contribution in [1.29, 1.82) is 0 Å². The second kappa shape index (κ2) is 6.02. The summed E-state index contributed by atoms with van der Waals surface area (Å²) in [6.45, 7) is 7.12. The lowest BCUT2D eigenvalue weighted by atomic mass is 9.62. The van der Waals surface area contributed by atoms with E-state index in [-0.39, 0.29) is 11.2 Å². The second-order valence-corrected chi connectivity index (χ2v) is 5.88. The van der Waals surface area contributed by atoms with Crippen LogP contribution in [0.3, 0.4) is 0 Å². The summed E-state index contributed by atoms with van der Waals surface area (Å²) in [6.07, 6.45) is 1.07. The van der Waals surface area contributed by atoms with E-state index >= 15 is 0 Å². The number of ether oxygens (including phenoxy) is 1. The number of hydrogen-bond donors (Lipinski definition) is 1. The third-order valence-corrected chi connectivity index (χ3v) is 4.62. The maximum atomic E-state index is 13.5. The number of benzene rings is 1. The monoisotopic (exact) mass is 265 g/mol. The summed E-state index contributed by atoms with van der Waals surface area (Å²) >= 11 is 0. The average Bonchev–Trinajstić information content (AvgIpc) is 2.39. The minimum absolute atomic E-state index is 0.0911. The van der Waals surface area contributed by atoms with Gasteiger partial charge in [-0.25, -0.2) is 4.39 Å². The largest absolute Gasteiger partial charge is 0.384 e. The Labute approximate surface area is 115 Å². The van der Waals surface area contributed by atoms with Gasteiger partial charge in [-0.2, -0.15) is 0 Å². The fourth-order valence-electron chi connectivity index (χ4n) is 3.42. The van der Waals surface area contributed by atoms with Crippen LogP contribution in [0.1, 0.15) is 31.7 Å². The molecule has 0 spiro atoms. The number of nitrogens with one attached hydrogen (secondary N) is 1. The Bertz CT molecular complexity index is 417. The normalized spacial score (nSPS) is 27.7. The lowest BCUT2D eigenvalue weighted by Crippen LogP contribution is -2.49. The molecular formula is C16H24FNO. The third kappa shape index (κ3) is 2.82. The van der Waals surface area contributed by atoms with Gasteiger partial charge in [0, 0.05) is 25.0 Å². The molecule has 1 N–H and O–H groups in total. The Hall–Kier alpha value is -0.930. The van der Waals surface area contributed by atoms with Crippen LogP contribution in [0, 0.1) is 17.2 Å². The molecule has 0 aliphatic carbocycles. The standard InChI is InChI=1S/C16H24FNO/c1-12(2)16(11-19-3)7-8-18-10-15(16)13-5-4-6-14(17)9-13/h4-6,9,12,15,18H,7-8,10-11H2,1-3H3. The predicted octanol–water partition coefficient (Wildman–Crippen LogP) is 3.19. The fourth-order valence-corrected chi connectivity index (χ4v) is 3.42. The zero-order chi connectivity index (χ0) is 13.9. The molecule has 0 bridgehead atoms. The van der Waals surface area contributed by atoms with Crippen molar-refractivity contribution in [3.8, 4) is 0 Å². The zero-order valence-corrected chi connectivity index (χ0v) is 12.1. The topological polar surface area (TPSA) is 21.3 Å². The Morgan fingerprint density at radius 1 is 1.47 bits per heavy atom. The minimum atomic E-state index is -0.154. The third-order valence-electron chi connectivity index (χ3n) is 4.62. The SMILES string of the molecule is COCC1(C(C)C)CCNCC1c1cccc(F)c1. The van der Waals surface area contributed by atoms with E-state index in [0.717, 1.165) is 31.7 Å². The molecule has 2 rings (SSSR count). The summed E-state index contributed by atoms with van der Waals surface area (Å²) in [7, 11) is 1.76. The molecule has 0 saturated carbocycles. The van der Waals surface area contributed by atoms with E-state index in [9.17, 15) is 4.39 Å². The number of piperidine rings is 1. The van der Waals surface area contributed by atoms with Gasteiger partial charge in [0.25, 0.3) is 0 Å². The fraction of sp³-hybridized carbons (Fsp3) is 0.625. The van der Waals surface area contributed by atoms with Crippen LogP contribution < -0.4 is 5.32 Å². The van der Waals surface area contributed by atoms with Gasteiger partial charge in [0.1, 0.15) is 5.82 Å². The smallest absolute Gasteiger partial charge is 0.123 e. The number of halogens is 1. The molecule has 2 unspecified atom stereocenters. The molecule has 1 fully saturated rings.